The minimum atomic E-state index is -4.88. The summed E-state index contributed by atoms with van der Waals surface area (Å²) < 4.78 is 40.7. The summed E-state index contributed by atoms with van der Waals surface area (Å²) in [5.41, 5.74) is 0. The number of benzene rings is 1. The van der Waals surface area contributed by atoms with Gasteiger partial charge in [-0.1, -0.05) is 18.2 Å². The minimum absolute atomic E-state index is 0.148. The number of nitrogens with one attached hydrogen (secondary N) is 2. The number of ether oxygens (including phenoxy) is 1. The Morgan fingerprint density at radius 3 is 2.29 bits per heavy atom. The van der Waals surface area contributed by atoms with Crippen molar-refractivity contribution in [1.82, 2.24) is 10.6 Å². The SMILES string of the molecule is O=C(COc1ccccc1)NCCCNC(=O)C(F)(F)F. The Balaban J connectivity index is 2.08. The predicted octanol–water partition coefficient (Wildman–Crippen LogP) is 1.25. The molecule has 0 spiro atoms. The van der Waals surface area contributed by atoms with Crippen LogP contribution in [0.5, 0.6) is 5.75 Å². The molecule has 21 heavy (non-hydrogen) atoms. The topological polar surface area (TPSA) is 67.4 Å². The van der Waals surface area contributed by atoms with Gasteiger partial charge in [0.2, 0.25) is 0 Å². The molecule has 2 amide bonds. The van der Waals surface area contributed by atoms with Crippen LogP contribution in [0.2, 0.25) is 0 Å². The molecule has 0 atom stereocenters. The first kappa shape index (κ1) is 16.8. The maximum Gasteiger partial charge on any atom is 0.471 e. The number of hydrogen-bond acceptors (Lipinski definition) is 3. The molecule has 116 valence electrons. The number of carbonyl (C=O) groups excluding carboxylic acids is 2. The molecule has 0 saturated carbocycles. The van der Waals surface area contributed by atoms with Gasteiger partial charge in [-0.2, -0.15) is 13.2 Å². The fraction of sp³-hybridized carbons (Fsp3) is 0.385. The van der Waals surface area contributed by atoms with E-state index in [0.717, 1.165) is 0 Å². The Labute approximate surface area is 119 Å². The molecular weight excluding hydrogens is 289 g/mol. The highest BCUT2D eigenvalue weighted by atomic mass is 19.4. The molecule has 0 aromatic heterocycles. The van der Waals surface area contributed by atoms with Crippen LogP contribution >= 0.6 is 0 Å². The van der Waals surface area contributed by atoms with Gasteiger partial charge in [0, 0.05) is 13.1 Å². The number of para-hydroxylation sites is 1. The van der Waals surface area contributed by atoms with Gasteiger partial charge in [0.05, 0.1) is 0 Å². The lowest BCUT2D eigenvalue weighted by Crippen LogP contribution is -2.38. The van der Waals surface area contributed by atoms with Gasteiger partial charge in [0.15, 0.2) is 6.61 Å². The first-order chi connectivity index (χ1) is 9.89. The van der Waals surface area contributed by atoms with Crippen LogP contribution < -0.4 is 15.4 Å². The van der Waals surface area contributed by atoms with Crippen molar-refractivity contribution in [3.8, 4) is 5.75 Å². The van der Waals surface area contributed by atoms with Crippen LogP contribution in [-0.2, 0) is 9.59 Å². The van der Waals surface area contributed by atoms with Crippen LogP contribution in [0.4, 0.5) is 13.2 Å². The first-order valence-electron chi connectivity index (χ1n) is 6.19. The molecule has 5 nitrogen and oxygen atoms in total. The van der Waals surface area contributed by atoms with E-state index in [1.54, 1.807) is 29.6 Å². The van der Waals surface area contributed by atoms with Crippen LogP contribution in [-0.4, -0.2) is 37.7 Å². The lowest BCUT2D eigenvalue weighted by atomic mass is 10.3. The Morgan fingerprint density at radius 1 is 1.05 bits per heavy atom. The zero-order valence-corrected chi connectivity index (χ0v) is 11.1. The van der Waals surface area contributed by atoms with Crippen LogP contribution in [0.1, 0.15) is 6.42 Å². The van der Waals surface area contributed by atoms with Crippen molar-refractivity contribution in [2.24, 2.45) is 0 Å². The Bertz CT molecular complexity index is 463. The summed E-state index contributed by atoms with van der Waals surface area (Å²) in [7, 11) is 0. The monoisotopic (exact) mass is 304 g/mol. The maximum atomic E-state index is 11.8. The molecule has 1 aromatic carbocycles. The molecule has 2 N–H and O–H groups in total. The summed E-state index contributed by atoms with van der Waals surface area (Å²) in [5.74, 6) is -1.83. The van der Waals surface area contributed by atoms with E-state index in [4.69, 9.17) is 4.74 Å². The minimum Gasteiger partial charge on any atom is -0.484 e. The fourth-order valence-electron chi connectivity index (χ4n) is 1.33. The standard InChI is InChI=1S/C13H15F3N2O3/c14-13(15,16)12(20)18-8-4-7-17-11(19)9-21-10-5-2-1-3-6-10/h1-3,5-6H,4,7-9H2,(H,17,19)(H,18,20). The molecule has 0 saturated heterocycles. The van der Waals surface area contributed by atoms with Gasteiger partial charge in [-0.25, -0.2) is 0 Å². The summed E-state index contributed by atoms with van der Waals surface area (Å²) in [5, 5.41) is 4.18. The molecule has 0 bridgehead atoms. The second-order valence-electron chi connectivity index (χ2n) is 4.06. The third-order valence-electron chi connectivity index (χ3n) is 2.33. The fourth-order valence-corrected chi connectivity index (χ4v) is 1.33. The number of amides is 2. The second-order valence-corrected chi connectivity index (χ2v) is 4.06. The van der Waals surface area contributed by atoms with E-state index in [1.165, 1.54) is 0 Å². The average Bonchev–Trinajstić information content (AvgIpc) is 2.44. The summed E-state index contributed by atoms with van der Waals surface area (Å²) >= 11 is 0. The molecular formula is C13H15F3N2O3. The van der Waals surface area contributed by atoms with E-state index in [1.807, 2.05) is 6.07 Å². The van der Waals surface area contributed by atoms with E-state index in [-0.39, 0.29) is 32.0 Å². The Hall–Kier alpha value is -2.25. The van der Waals surface area contributed by atoms with Crippen LogP contribution in [0.15, 0.2) is 30.3 Å². The zero-order chi connectivity index (χ0) is 15.7. The van der Waals surface area contributed by atoms with Gasteiger partial charge >= 0.3 is 12.1 Å². The normalized spacial score (nSPS) is 10.8. The van der Waals surface area contributed by atoms with Crippen molar-refractivity contribution in [2.45, 2.75) is 12.6 Å². The molecule has 0 aliphatic heterocycles. The molecule has 0 heterocycles. The second kappa shape index (κ2) is 8.13. The number of halogens is 3. The van der Waals surface area contributed by atoms with Crippen molar-refractivity contribution in [3.63, 3.8) is 0 Å². The summed E-state index contributed by atoms with van der Waals surface area (Å²) in [4.78, 5) is 21.8. The van der Waals surface area contributed by atoms with Gasteiger partial charge in [-0.15, -0.1) is 0 Å². The third kappa shape index (κ3) is 7.19. The van der Waals surface area contributed by atoms with Gasteiger partial charge in [-0.05, 0) is 18.6 Å². The molecule has 1 aromatic rings. The highest BCUT2D eigenvalue weighted by molar-refractivity contribution is 5.81. The highest BCUT2D eigenvalue weighted by Gasteiger charge is 2.38. The maximum absolute atomic E-state index is 11.8. The molecule has 0 unspecified atom stereocenters. The summed E-state index contributed by atoms with van der Waals surface area (Å²) in [6, 6.07) is 8.72. The van der Waals surface area contributed by atoms with Crippen molar-refractivity contribution in [2.75, 3.05) is 19.7 Å². The summed E-state index contributed by atoms with van der Waals surface area (Å²) in [6.45, 7) is -0.202. The third-order valence-corrected chi connectivity index (χ3v) is 2.33. The van der Waals surface area contributed by atoms with Gasteiger partial charge in [0.25, 0.3) is 5.91 Å². The van der Waals surface area contributed by atoms with Crippen LogP contribution in [0, 0.1) is 0 Å². The van der Waals surface area contributed by atoms with Crippen molar-refractivity contribution >= 4 is 11.8 Å². The Morgan fingerprint density at radius 2 is 1.67 bits per heavy atom. The van der Waals surface area contributed by atoms with Crippen LogP contribution in [0.25, 0.3) is 0 Å². The highest BCUT2D eigenvalue weighted by Crippen LogP contribution is 2.13. The van der Waals surface area contributed by atoms with E-state index in [2.05, 4.69) is 5.32 Å². The number of alkyl halides is 3. The van der Waals surface area contributed by atoms with E-state index in [9.17, 15) is 22.8 Å². The van der Waals surface area contributed by atoms with Crippen molar-refractivity contribution in [1.29, 1.82) is 0 Å². The van der Waals surface area contributed by atoms with Gasteiger partial charge in [-0.3, -0.25) is 9.59 Å². The lowest BCUT2D eigenvalue weighted by molar-refractivity contribution is -0.173. The van der Waals surface area contributed by atoms with E-state index in [0.29, 0.717) is 5.75 Å². The first-order valence-corrected chi connectivity index (χ1v) is 6.19. The summed E-state index contributed by atoms with van der Waals surface area (Å²) in [6.07, 6.45) is -4.69. The van der Waals surface area contributed by atoms with E-state index >= 15 is 0 Å². The molecule has 0 aliphatic carbocycles. The number of hydrogen-bond donors (Lipinski definition) is 2. The molecule has 0 fully saturated rings. The number of carbonyl (C=O) groups is 2. The van der Waals surface area contributed by atoms with Crippen molar-refractivity contribution < 1.29 is 27.5 Å². The average molecular weight is 304 g/mol. The Kier molecular flexibility index (Phi) is 6.51. The predicted molar refractivity (Wildman–Crippen MR) is 68.6 cm³/mol. The number of rotatable bonds is 7. The van der Waals surface area contributed by atoms with Gasteiger partial charge in [0.1, 0.15) is 5.75 Å². The van der Waals surface area contributed by atoms with E-state index < -0.39 is 12.1 Å². The largest absolute Gasteiger partial charge is 0.484 e. The lowest BCUT2D eigenvalue weighted by Gasteiger charge is -2.09. The smallest absolute Gasteiger partial charge is 0.471 e. The molecule has 0 radical (unpaired) electrons. The zero-order valence-electron chi connectivity index (χ0n) is 11.1. The molecule has 8 heteroatoms. The van der Waals surface area contributed by atoms with Crippen LogP contribution in [0.3, 0.4) is 0 Å². The molecule has 0 aliphatic rings. The molecule has 1 rings (SSSR count). The van der Waals surface area contributed by atoms with Crippen molar-refractivity contribution in [3.05, 3.63) is 30.3 Å². The quantitative estimate of drug-likeness (QED) is 0.745. The van der Waals surface area contributed by atoms with Gasteiger partial charge < -0.3 is 15.4 Å².